The minimum atomic E-state index is -1.06. The first-order valence-corrected chi connectivity index (χ1v) is 9.86. The number of nitrogens with one attached hydrogen (secondary N) is 2. The number of halogens is 2. The molecule has 2 aromatic rings. The summed E-state index contributed by atoms with van der Waals surface area (Å²) in [6.07, 6.45) is -0.268. The summed E-state index contributed by atoms with van der Waals surface area (Å²) in [6, 6.07) is 10.9. The SMILES string of the molecule is CCN1C(=O)[C@H](CC(=O)Nc2ccc(Cl)cc2)N(NC(=O)c2ccccc2F)C1=S. The molecule has 30 heavy (non-hydrogen) atoms. The lowest BCUT2D eigenvalue weighted by Gasteiger charge is -2.24. The quantitative estimate of drug-likeness (QED) is 0.664. The highest BCUT2D eigenvalue weighted by Gasteiger charge is 2.44. The Hall–Kier alpha value is -3.04. The van der Waals surface area contributed by atoms with E-state index >= 15 is 0 Å². The van der Waals surface area contributed by atoms with E-state index < -0.39 is 29.6 Å². The average Bonchev–Trinajstić information content (AvgIpc) is 2.93. The van der Waals surface area contributed by atoms with E-state index in [0.717, 1.165) is 11.1 Å². The Morgan fingerprint density at radius 3 is 2.47 bits per heavy atom. The third-order valence-electron chi connectivity index (χ3n) is 4.46. The van der Waals surface area contributed by atoms with E-state index in [1.165, 1.54) is 23.1 Å². The Kier molecular flexibility index (Phi) is 6.63. The Morgan fingerprint density at radius 2 is 1.83 bits per heavy atom. The van der Waals surface area contributed by atoms with Crippen LogP contribution in [-0.4, -0.2) is 45.3 Å². The normalized spacial score (nSPS) is 16.0. The van der Waals surface area contributed by atoms with Crippen molar-refractivity contribution in [2.75, 3.05) is 11.9 Å². The first-order chi connectivity index (χ1) is 14.3. The second-order valence-electron chi connectivity index (χ2n) is 6.43. The predicted molar refractivity (Wildman–Crippen MR) is 114 cm³/mol. The van der Waals surface area contributed by atoms with E-state index in [1.807, 2.05) is 0 Å². The van der Waals surface area contributed by atoms with Crippen molar-refractivity contribution in [1.29, 1.82) is 0 Å². The maximum atomic E-state index is 13.9. The third-order valence-corrected chi connectivity index (χ3v) is 5.13. The molecule has 0 aliphatic carbocycles. The van der Waals surface area contributed by atoms with Gasteiger partial charge < -0.3 is 5.32 Å². The molecule has 1 aliphatic heterocycles. The van der Waals surface area contributed by atoms with Gasteiger partial charge in [-0.15, -0.1) is 0 Å². The van der Waals surface area contributed by atoms with Crippen molar-refractivity contribution in [2.24, 2.45) is 0 Å². The van der Waals surface area contributed by atoms with Crippen LogP contribution in [0.5, 0.6) is 0 Å². The van der Waals surface area contributed by atoms with Crippen molar-refractivity contribution in [3.05, 3.63) is 64.9 Å². The molecule has 3 amide bonds. The van der Waals surface area contributed by atoms with Crippen LogP contribution in [0.25, 0.3) is 0 Å². The molecule has 0 saturated carbocycles. The van der Waals surface area contributed by atoms with Gasteiger partial charge >= 0.3 is 0 Å². The topological polar surface area (TPSA) is 81.8 Å². The largest absolute Gasteiger partial charge is 0.326 e. The zero-order chi connectivity index (χ0) is 21.8. The molecule has 156 valence electrons. The van der Waals surface area contributed by atoms with Crippen LogP contribution >= 0.6 is 23.8 Å². The van der Waals surface area contributed by atoms with Crippen LogP contribution in [0.1, 0.15) is 23.7 Å². The second-order valence-corrected chi connectivity index (χ2v) is 7.23. The van der Waals surface area contributed by atoms with Crippen molar-refractivity contribution in [3.8, 4) is 0 Å². The van der Waals surface area contributed by atoms with Crippen LogP contribution < -0.4 is 10.7 Å². The number of hydrogen-bond donors (Lipinski definition) is 2. The van der Waals surface area contributed by atoms with Gasteiger partial charge in [0, 0.05) is 17.3 Å². The number of amides is 3. The van der Waals surface area contributed by atoms with Gasteiger partial charge in [-0.3, -0.25) is 24.7 Å². The van der Waals surface area contributed by atoms with Crippen molar-refractivity contribution in [3.63, 3.8) is 0 Å². The molecule has 0 bridgehead atoms. The molecule has 10 heteroatoms. The summed E-state index contributed by atoms with van der Waals surface area (Å²) in [5.74, 6) is -2.37. The number of benzene rings is 2. The van der Waals surface area contributed by atoms with Crippen LogP contribution in [-0.2, 0) is 9.59 Å². The Morgan fingerprint density at radius 1 is 1.17 bits per heavy atom. The van der Waals surface area contributed by atoms with Crippen molar-refractivity contribution < 1.29 is 18.8 Å². The van der Waals surface area contributed by atoms with E-state index in [0.29, 0.717) is 10.7 Å². The van der Waals surface area contributed by atoms with Crippen LogP contribution in [0.15, 0.2) is 48.5 Å². The summed E-state index contributed by atoms with van der Waals surface area (Å²) in [5, 5.41) is 4.36. The summed E-state index contributed by atoms with van der Waals surface area (Å²) in [7, 11) is 0. The van der Waals surface area contributed by atoms with Gasteiger partial charge in [0.25, 0.3) is 11.8 Å². The van der Waals surface area contributed by atoms with Crippen LogP contribution in [0, 0.1) is 5.82 Å². The molecule has 1 heterocycles. The number of nitrogens with zero attached hydrogens (tertiary/aromatic N) is 2. The average molecular weight is 449 g/mol. The van der Waals surface area contributed by atoms with Gasteiger partial charge in [0.15, 0.2) is 5.11 Å². The maximum absolute atomic E-state index is 13.9. The summed E-state index contributed by atoms with van der Waals surface area (Å²) in [6.45, 7) is 1.98. The van der Waals surface area contributed by atoms with Crippen molar-refractivity contribution in [2.45, 2.75) is 19.4 Å². The molecule has 0 spiro atoms. The summed E-state index contributed by atoms with van der Waals surface area (Å²) < 4.78 is 13.9. The van der Waals surface area contributed by atoms with E-state index in [1.54, 1.807) is 31.2 Å². The van der Waals surface area contributed by atoms with E-state index in [2.05, 4.69) is 10.7 Å². The lowest BCUT2D eigenvalue weighted by molar-refractivity contribution is -0.130. The molecule has 0 unspecified atom stereocenters. The zero-order valence-corrected chi connectivity index (χ0v) is 17.5. The Bertz CT molecular complexity index is 1000. The van der Waals surface area contributed by atoms with Gasteiger partial charge in [0.1, 0.15) is 11.9 Å². The summed E-state index contributed by atoms with van der Waals surface area (Å²) in [5.41, 5.74) is 2.76. The number of likely N-dealkylation sites (N-methyl/N-ethyl adjacent to an activating group) is 1. The highest BCUT2D eigenvalue weighted by molar-refractivity contribution is 7.80. The Labute approximate surface area is 182 Å². The van der Waals surface area contributed by atoms with Gasteiger partial charge in [-0.05, 0) is 55.5 Å². The Balaban J connectivity index is 1.77. The minimum absolute atomic E-state index is 0.0384. The second kappa shape index (κ2) is 9.19. The van der Waals surface area contributed by atoms with Gasteiger partial charge in [-0.2, -0.15) is 0 Å². The molecule has 1 atom stereocenters. The first kappa shape index (κ1) is 21.7. The maximum Gasteiger partial charge on any atom is 0.272 e. The molecule has 0 aromatic heterocycles. The van der Waals surface area contributed by atoms with Crippen molar-refractivity contribution in [1.82, 2.24) is 15.3 Å². The molecule has 7 nitrogen and oxygen atoms in total. The fourth-order valence-electron chi connectivity index (χ4n) is 2.98. The van der Waals surface area contributed by atoms with Gasteiger partial charge in [-0.1, -0.05) is 23.7 Å². The number of carbonyl (C=O) groups is 3. The van der Waals surface area contributed by atoms with E-state index in [4.69, 9.17) is 23.8 Å². The third kappa shape index (κ3) is 4.58. The summed E-state index contributed by atoms with van der Waals surface area (Å²) >= 11 is 11.1. The molecule has 2 N–H and O–H groups in total. The predicted octanol–water partition coefficient (Wildman–Crippen LogP) is 2.97. The number of hydrogen-bond acceptors (Lipinski definition) is 4. The lowest BCUT2D eigenvalue weighted by Crippen LogP contribution is -2.49. The monoisotopic (exact) mass is 448 g/mol. The number of thiocarbonyl (C=S) groups is 1. The first-order valence-electron chi connectivity index (χ1n) is 9.07. The van der Waals surface area contributed by atoms with Crippen molar-refractivity contribution >= 4 is 52.3 Å². The molecule has 2 aromatic carbocycles. The smallest absolute Gasteiger partial charge is 0.272 e. The van der Waals surface area contributed by atoms with Crippen LogP contribution in [0.4, 0.5) is 10.1 Å². The lowest BCUT2D eigenvalue weighted by atomic mass is 10.1. The molecule has 3 rings (SSSR count). The van der Waals surface area contributed by atoms with Gasteiger partial charge in [0.2, 0.25) is 5.91 Å². The number of anilines is 1. The minimum Gasteiger partial charge on any atom is -0.326 e. The number of carbonyl (C=O) groups excluding carboxylic acids is 3. The molecule has 0 radical (unpaired) electrons. The van der Waals surface area contributed by atoms with Gasteiger partial charge in [0.05, 0.1) is 12.0 Å². The van der Waals surface area contributed by atoms with Gasteiger partial charge in [-0.25, -0.2) is 9.40 Å². The van der Waals surface area contributed by atoms with E-state index in [-0.39, 0.29) is 23.6 Å². The fourth-order valence-corrected chi connectivity index (χ4v) is 3.50. The van der Waals surface area contributed by atoms with E-state index in [9.17, 15) is 18.8 Å². The van der Waals surface area contributed by atoms with Crippen LogP contribution in [0.2, 0.25) is 5.02 Å². The standard InChI is InChI=1S/C20H18ClFN4O3S/c1-2-25-19(29)16(11-17(27)23-13-9-7-12(21)8-10-13)26(20(25)30)24-18(28)14-5-3-4-6-15(14)22/h3-10,16H,2,11H2,1H3,(H,23,27)(H,24,28)/t16-/m0/s1. The zero-order valence-electron chi connectivity index (χ0n) is 15.9. The molecule has 1 aliphatic rings. The van der Waals surface area contributed by atoms with Crippen LogP contribution in [0.3, 0.4) is 0 Å². The fraction of sp³-hybridized carbons (Fsp3) is 0.200. The molecule has 1 saturated heterocycles. The molecular formula is C20H18ClFN4O3S. The summed E-state index contributed by atoms with van der Waals surface area (Å²) in [4.78, 5) is 39.1. The molecule has 1 fully saturated rings. The molecular weight excluding hydrogens is 431 g/mol. The number of rotatable bonds is 6. The number of hydrazine groups is 1. The highest BCUT2D eigenvalue weighted by atomic mass is 35.5. The highest BCUT2D eigenvalue weighted by Crippen LogP contribution is 2.21.